The Morgan fingerprint density at radius 1 is 1.33 bits per heavy atom. The van der Waals surface area contributed by atoms with Crippen LogP contribution in [-0.4, -0.2) is 23.8 Å². The van der Waals surface area contributed by atoms with Crippen LogP contribution in [0.3, 0.4) is 0 Å². The molecule has 0 heterocycles. The Bertz CT molecular complexity index is 351. The Morgan fingerprint density at radius 3 is 2.61 bits per heavy atom. The Labute approximate surface area is 108 Å². The van der Waals surface area contributed by atoms with E-state index < -0.39 is 12.2 Å². The highest BCUT2D eigenvalue weighted by Gasteiger charge is 2.09. The first-order valence-corrected chi connectivity index (χ1v) is 6.20. The van der Waals surface area contributed by atoms with Gasteiger partial charge in [0.15, 0.2) is 0 Å². The third-order valence-corrected chi connectivity index (χ3v) is 2.44. The van der Waals surface area contributed by atoms with Gasteiger partial charge in [0.05, 0.1) is 6.10 Å². The predicted octanol–water partition coefficient (Wildman–Crippen LogP) is 2.32. The molecule has 0 saturated carbocycles. The summed E-state index contributed by atoms with van der Waals surface area (Å²) in [6, 6.07) is 9.47. The lowest BCUT2D eigenvalue weighted by molar-refractivity contribution is 0.118. The van der Waals surface area contributed by atoms with E-state index in [9.17, 15) is 9.90 Å². The van der Waals surface area contributed by atoms with Crippen LogP contribution in [0.2, 0.25) is 0 Å². The summed E-state index contributed by atoms with van der Waals surface area (Å²) in [5.41, 5.74) is 0.940. The van der Waals surface area contributed by atoms with E-state index in [1.807, 2.05) is 44.2 Å². The summed E-state index contributed by atoms with van der Waals surface area (Å²) in [5.74, 6) is 0.405. The summed E-state index contributed by atoms with van der Waals surface area (Å²) in [4.78, 5) is 11.4. The van der Waals surface area contributed by atoms with Crippen molar-refractivity contribution in [3.05, 3.63) is 35.9 Å². The number of hydrogen-bond acceptors (Lipinski definition) is 3. The van der Waals surface area contributed by atoms with Gasteiger partial charge in [-0.1, -0.05) is 44.2 Å². The molecular formula is C14H21NO3. The zero-order valence-electron chi connectivity index (χ0n) is 10.9. The van der Waals surface area contributed by atoms with Crippen molar-refractivity contribution in [2.24, 2.45) is 5.92 Å². The van der Waals surface area contributed by atoms with Crippen molar-refractivity contribution in [1.29, 1.82) is 0 Å². The summed E-state index contributed by atoms with van der Waals surface area (Å²) >= 11 is 0. The van der Waals surface area contributed by atoms with Gasteiger partial charge in [-0.05, 0) is 17.9 Å². The number of carbonyl (C=O) groups is 1. The molecule has 0 saturated heterocycles. The number of hydrogen-bond donors (Lipinski definition) is 2. The highest BCUT2D eigenvalue weighted by Crippen LogP contribution is 2.04. The zero-order chi connectivity index (χ0) is 13.4. The highest BCUT2D eigenvalue weighted by atomic mass is 16.5. The SMILES string of the molecule is CC(C)C[C@H](O)CNC(=O)OCc1ccccc1. The topological polar surface area (TPSA) is 58.6 Å². The lowest BCUT2D eigenvalue weighted by atomic mass is 10.1. The van der Waals surface area contributed by atoms with Crippen LogP contribution in [0.15, 0.2) is 30.3 Å². The number of aliphatic hydroxyl groups excluding tert-OH is 1. The summed E-state index contributed by atoms with van der Waals surface area (Å²) in [7, 11) is 0. The second-order valence-corrected chi connectivity index (χ2v) is 4.73. The number of rotatable bonds is 6. The van der Waals surface area contributed by atoms with Crippen LogP contribution in [0.1, 0.15) is 25.8 Å². The molecule has 0 aliphatic carbocycles. The fraction of sp³-hybridized carbons (Fsp3) is 0.500. The minimum absolute atomic E-state index is 0.228. The van der Waals surface area contributed by atoms with Gasteiger partial charge in [-0.25, -0.2) is 4.79 Å². The van der Waals surface area contributed by atoms with Gasteiger partial charge in [-0.3, -0.25) is 0 Å². The van der Waals surface area contributed by atoms with Gasteiger partial charge < -0.3 is 15.2 Å². The second-order valence-electron chi connectivity index (χ2n) is 4.73. The average molecular weight is 251 g/mol. The van der Waals surface area contributed by atoms with Crippen molar-refractivity contribution in [3.63, 3.8) is 0 Å². The van der Waals surface area contributed by atoms with E-state index in [2.05, 4.69) is 5.32 Å². The molecule has 1 amide bonds. The fourth-order valence-electron chi connectivity index (χ4n) is 1.60. The maximum absolute atomic E-state index is 11.4. The van der Waals surface area contributed by atoms with E-state index >= 15 is 0 Å². The van der Waals surface area contributed by atoms with E-state index in [1.165, 1.54) is 0 Å². The molecule has 2 N–H and O–H groups in total. The van der Waals surface area contributed by atoms with Crippen molar-refractivity contribution in [3.8, 4) is 0 Å². The molecular weight excluding hydrogens is 230 g/mol. The number of ether oxygens (including phenoxy) is 1. The Kier molecular flexibility index (Phi) is 6.22. The van der Waals surface area contributed by atoms with Crippen LogP contribution in [0.4, 0.5) is 4.79 Å². The number of benzene rings is 1. The standard InChI is InChI=1S/C14H21NO3/c1-11(2)8-13(16)9-15-14(17)18-10-12-6-4-3-5-7-12/h3-7,11,13,16H,8-10H2,1-2H3,(H,15,17)/t13-/m0/s1. The lowest BCUT2D eigenvalue weighted by Crippen LogP contribution is -2.33. The van der Waals surface area contributed by atoms with Crippen molar-refractivity contribution >= 4 is 6.09 Å². The van der Waals surface area contributed by atoms with Gasteiger partial charge in [-0.2, -0.15) is 0 Å². The average Bonchev–Trinajstić information content (AvgIpc) is 2.34. The minimum atomic E-state index is -0.519. The normalized spacial score (nSPS) is 12.2. The maximum Gasteiger partial charge on any atom is 0.407 e. The molecule has 0 aliphatic heterocycles. The first kappa shape index (κ1) is 14.5. The van der Waals surface area contributed by atoms with Gasteiger partial charge in [0.25, 0.3) is 0 Å². The first-order valence-electron chi connectivity index (χ1n) is 6.20. The molecule has 0 radical (unpaired) electrons. The minimum Gasteiger partial charge on any atom is -0.445 e. The van der Waals surface area contributed by atoms with E-state index in [0.29, 0.717) is 12.3 Å². The van der Waals surface area contributed by atoms with Crippen LogP contribution in [0.5, 0.6) is 0 Å². The molecule has 0 spiro atoms. The van der Waals surface area contributed by atoms with Gasteiger partial charge in [0.2, 0.25) is 0 Å². The Balaban J connectivity index is 2.18. The molecule has 0 unspecified atom stereocenters. The largest absolute Gasteiger partial charge is 0.445 e. The van der Waals surface area contributed by atoms with Crippen LogP contribution in [-0.2, 0) is 11.3 Å². The number of aliphatic hydroxyl groups is 1. The van der Waals surface area contributed by atoms with Crippen LogP contribution < -0.4 is 5.32 Å². The van der Waals surface area contributed by atoms with Crippen molar-refractivity contribution < 1.29 is 14.6 Å². The van der Waals surface area contributed by atoms with Crippen molar-refractivity contribution in [2.45, 2.75) is 33.0 Å². The monoisotopic (exact) mass is 251 g/mol. The summed E-state index contributed by atoms with van der Waals surface area (Å²) in [6.45, 7) is 4.52. The quantitative estimate of drug-likeness (QED) is 0.815. The Morgan fingerprint density at radius 2 is 2.00 bits per heavy atom. The molecule has 0 aromatic heterocycles. The molecule has 4 nitrogen and oxygen atoms in total. The van der Waals surface area contributed by atoms with Crippen LogP contribution in [0.25, 0.3) is 0 Å². The first-order chi connectivity index (χ1) is 8.58. The summed E-state index contributed by atoms with van der Waals surface area (Å²) < 4.78 is 5.02. The Hall–Kier alpha value is -1.55. The number of amides is 1. The van der Waals surface area contributed by atoms with Crippen LogP contribution in [0, 0.1) is 5.92 Å². The number of alkyl carbamates (subject to hydrolysis) is 1. The van der Waals surface area contributed by atoms with Gasteiger partial charge in [-0.15, -0.1) is 0 Å². The third-order valence-electron chi connectivity index (χ3n) is 2.44. The number of nitrogens with one attached hydrogen (secondary N) is 1. The molecule has 0 fully saturated rings. The molecule has 18 heavy (non-hydrogen) atoms. The van der Waals surface area contributed by atoms with E-state index in [0.717, 1.165) is 5.56 Å². The molecule has 100 valence electrons. The van der Waals surface area contributed by atoms with Gasteiger partial charge >= 0.3 is 6.09 Å². The molecule has 0 bridgehead atoms. The molecule has 1 rings (SSSR count). The fourth-order valence-corrected chi connectivity index (χ4v) is 1.60. The maximum atomic E-state index is 11.4. The molecule has 4 heteroatoms. The van der Waals surface area contributed by atoms with Gasteiger partial charge in [0, 0.05) is 6.54 Å². The van der Waals surface area contributed by atoms with E-state index in [-0.39, 0.29) is 13.2 Å². The summed E-state index contributed by atoms with van der Waals surface area (Å²) in [6.07, 6.45) is -0.352. The second kappa shape index (κ2) is 7.71. The van der Waals surface area contributed by atoms with E-state index in [4.69, 9.17) is 4.74 Å². The van der Waals surface area contributed by atoms with E-state index in [1.54, 1.807) is 0 Å². The zero-order valence-corrected chi connectivity index (χ0v) is 10.9. The predicted molar refractivity (Wildman–Crippen MR) is 70.1 cm³/mol. The van der Waals surface area contributed by atoms with Gasteiger partial charge in [0.1, 0.15) is 6.61 Å². The lowest BCUT2D eigenvalue weighted by Gasteiger charge is -2.13. The molecule has 1 atom stereocenters. The highest BCUT2D eigenvalue weighted by molar-refractivity contribution is 5.67. The van der Waals surface area contributed by atoms with Crippen LogP contribution >= 0.6 is 0 Å². The molecule has 1 aromatic rings. The smallest absolute Gasteiger partial charge is 0.407 e. The summed E-state index contributed by atoms with van der Waals surface area (Å²) in [5, 5.41) is 12.1. The molecule has 0 aliphatic rings. The third kappa shape index (κ3) is 6.25. The van der Waals surface area contributed by atoms with Crippen molar-refractivity contribution in [2.75, 3.05) is 6.54 Å². The van der Waals surface area contributed by atoms with Crippen molar-refractivity contribution in [1.82, 2.24) is 5.32 Å². The number of carbonyl (C=O) groups excluding carboxylic acids is 1. The molecule has 1 aromatic carbocycles.